The maximum atomic E-state index is 14.1. The van der Waals surface area contributed by atoms with E-state index in [2.05, 4.69) is 15.3 Å². The molecular weight excluding hydrogens is 356 g/mol. The molecule has 1 amide bonds. The molecule has 138 valence electrons. The second kappa shape index (κ2) is 6.43. The smallest absolute Gasteiger partial charge is 0.277 e. The molecule has 0 fully saturated rings. The fraction of sp³-hybridized carbons (Fsp3) is 0.312. The van der Waals surface area contributed by atoms with Crippen LogP contribution in [0.15, 0.2) is 33.9 Å². The van der Waals surface area contributed by atoms with Crippen LogP contribution in [0.4, 0.5) is 23.2 Å². The molecule has 1 aromatic carbocycles. The van der Waals surface area contributed by atoms with Crippen molar-refractivity contribution in [3.8, 4) is 0 Å². The van der Waals surface area contributed by atoms with Gasteiger partial charge in [-0.3, -0.25) is 9.79 Å². The Bertz CT molecular complexity index is 881. The number of rotatable bonds is 3. The van der Waals surface area contributed by atoms with Gasteiger partial charge in [-0.25, -0.2) is 22.5 Å². The molecule has 2 atom stereocenters. The minimum absolute atomic E-state index is 0.0288. The number of benzene rings is 1. The van der Waals surface area contributed by atoms with Gasteiger partial charge in [0.15, 0.2) is 17.8 Å². The first-order valence-electron chi connectivity index (χ1n) is 7.55. The third-order valence-corrected chi connectivity index (χ3v) is 3.85. The van der Waals surface area contributed by atoms with Crippen molar-refractivity contribution in [2.45, 2.75) is 31.5 Å². The van der Waals surface area contributed by atoms with Crippen molar-refractivity contribution >= 4 is 17.4 Å². The molecule has 3 N–H and O–H groups in total. The van der Waals surface area contributed by atoms with E-state index in [1.54, 1.807) is 6.92 Å². The zero-order valence-corrected chi connectivity index (χ0v) is 13.5. The summed E-state index contributed by atoms with van der Waals surface area (Å²) >= 11 is 0. The lowest BCUT2D eigenvalue weighted by Gasteiger charge is -2.30. The van der Waals surface area contributed by atoms with E-state index in [1.807, 2.05) is 0 Å². The Morgan fingerprint density at radius 1 is 1.42 bits per heavy atom. The van der Waals surface area contributed by atoms with E-state index in [1.165, 1.54) is 6.07 Å². The van der Waals surface area contributed by atoms with Crippen LogP contribution in [0.25, 0.3) is 0 Å². The molecule has 1 aliphatic rings. The predicted octanol–water partition coefficient (Wildman–Crippen LogP) is 3.15. The van der Waals surface area contributed by atoms with Gasteiger partial charge in [-0.2, -0.15) is 0 Å². The Morgan fingerprint density at radius 3 is 2.81 bits per heavy atom. The number of oxazole rings is 1. The topological polar surface area (TPSA) is 93.5 Å². The van der Waals surface area contributed by atoms with Crippen molar-refractivity contribution in [3.05, 3.63) is 47.4 Å². The maximum Gasteiger partial charge on any atom is 0.277 e. The van der Waals surface area contributed by atoms with Gasteiger partial charge in [0.1, 0.15) is 24.0 Å². The summed E-state index contributed by atoms with van der Waals surface area (Å²) in [5.41, 5.74) is 4.82. The van der Waals surface area contributed by atoms with E-state index in [4.69, 9.17) is 10.2 Å². The SMILES string of the molecule is Cc1nc(C(=O)Nc2ccc(F)c(C3N=C(N)C(F)CC3(F)F)c2)co1. The molecule has 1 aliphatic heterocycles. The first-order chi connectivity index (χ1) is 12.2. The quantitative estimate of drug-likeness (QED) is 0.812. The second-order valence-electron chi connectivity index (χ2n) is 5.83. The number of aromatic nitrogens is 1. The summed E-state index contributed by atoms with van der Waals surface area (Å²) in [6.45, 7) is 1.54. The minimum atomic E-state index is -3.63. The Morgan fingerprint density at radius 2 is 2.15 bits per heavy atom. The van der Waals surface area contributed by atoms with Gasteiger partial charge in [0, 0.05) is 18.2 Å². The molecule has 0 saturated carbocycles. The van der Waals surface area contributed by atoms with Gasteiger partial charge in [0.2, 0.25) is 0 Å². The third-order valence-electron chi connectivity index (χ3n) is 3.85. The van der Waals surface area contributed by atoms with E-state index in [0.29, 0.717) is 0 Å². The first kappa shape index (κ1) is 17.9. The van der Waals surface area contributed by atoms with Crippen LogP contribution in [0.5, 0.6) is 0 Å². The molecule has 2 unspecified atom stereocenters. The summed E-state index contributed by atoms with van der Waals surface area (Å²) in [5, 5.41) is 2.40. The highest BCUT2D eigenvalue weighted by Gasteiger charge is 2.48. The number of hydrogen-bond donors (Lipinski definition) is 2. The summed E-state index contributed by atoms with van der Waals surface area (Å²) in [6, 6.07) is 1.12. The van der Waals surface area contributed by atoms with Crippen molar-refractivity contribution < 1.29 is 26.8 Å². The summed E-state index contributed by atoms with van der Waals surface area (Å²) in [5.74, 6) is -5.62. The molecule has 0 radical (unpaired) electrons. The molecule has 3 rings (SSSR count). The number of hydrogen-bond acceptors (Lipinski definition) is 5. The number of anilines is 1. The third kappa shape index (κ3) is 3.39. The van der Waals surface area contributed by atoms with E-state index >= 15 is 0 Å². The molecule has 10 heteroatoms. The zero-order valence-electron chi connectivity index (χ0n) is 13.5. The van der Waals surface area contributed by atoms with E-state index in [0.717, 1.165) is 18.4 Å². The van der Waals surface area contributed by atoms with Crippen LogP contribution in [0.1, 0.15) is 34.4 Å². The highest BCUT2D eigenvalue weighted by Crippen LogP contribution is 2.43. The van der Waals surface area contributed by atoms with Crippen molar-refractivity contribution in [1.29, 1.82) is 0 Å². The Kier molecular flexibility index (Phi) is 4.43. The molecule has 26 heavy (non-hydrogen) atoms. The van der Waals surface area contributed by atoms with Crippen LogP contribution in [-0.2, 0) is 0 Å². The molecular formula is C16H14F4N4O2. The number of amides is 1. The van der Waals surface area contributed by atoms with Crippen LogP contribution in [0, 0.1) is 12.7 Å². The average molecular weight is 370 g/mol. The number of alkyl halides is 3. The van der Waals surface area contributed by atoms with Crippen molar-refractivity contribution in [2.75, 3.05) is 5.32 Å². The number of carbonyl (C=O) groups is 1. The average Bonchev–Trinajstić information content (AvgIpc) is 2.99. The van der Waals surface area contributed by atoms with E-state index < -0.39 is 47.7 Å². The van der Waals surface area contributed by atoms with Crippen LogP contribution in [0.3, 0.4) is 0 Å². The molecule has 6 nitrogen and oxygen atoms in total. The number of amidine groups is 1. The summed E-state index contributed by atoms with van der Waals surface area (Å²) < 4.78 is 60.7. The normalized spacial score (nSPS) is 22.0. The van der Waals surface area contributed by atoms with Crippen LogP contribution in [0.2, 0.25) is 0 Å². The van der Waals surface area contributed by atoms with Gasteiger partial charge in [-0.05, 0) is 18.2 Å². The molecule has 2 aromatic rings. The number of halogens is 4. The van der Waals surface area contributed by atoms with Gasteiger partial charge in [0.25, 0.3) is 11.8 Å². The minimum Gasteiger partial charge on any atom is -0.448 e. The largest absolute Gasteiger partial charge is 0.448 e. The molecule has 0 aliphatic carbocycles. The first-order valence-corrected chi connectivity index (χ1v) is 7.55. The lowest BCUT2D eigenvalue weighted by Crippen LogP contribution is -2.41. The van der Waals surface area contributed by atoms with E-state index in [9.17, 15) is 22.4 Å². The summed E-state index contributed by atoms with van der Waals surface area (Å²) in [7, 11) is 0. The maximum absolute atomic E-state index is 14.1. The standard InChI is InChI=1S/C16H14F4N4O2/c1-7-22-12(6-26-7)15(25)23-8-2-3-10(17)9(4-8)13-16(19,20)5-11(18)14(21)24-13/h2-4,6,11,13H,5H2,1H3,(H2,21,24)(H,23,25). The monoisotopic (exact) mass is 370 g/mol. The Hall–Kier alpha value is -2.91. The number of aliphatic imine (C=N–C) groups is 1. The number of nitrogens with one attached hydrogen (secondary N) is 1. The summed E-state index contributed by atoms with van der Waals surface area (Å²) in [4.78, 5) is 19.3. The molecule has 0 spiro atoms. The Balaban J connectivity index is 1.92. The fourth-order valence-corrected chi connectivity index (χ4v) is 2.57. The molecule has 0 bridgehead atoms. The number of carbonyl (C=O) groups excluding carboxylic acids is 1. The van der Waals surface area contributed by atoms with Crippen molar-refractivity contribution in [1.82, 2.24) is 4.98 Å². The summed E-state index contributed by atoms with van der Waals surface area (Å²) in [6.07, 6.45) is -2.17. The highest BCUT2D eigenvalue weighted by molar-refractivity contribution is 6.02. The predicted molar refractivity (Wildman–Crippen MR) is 84.4 cm³/mol. The molecule has 0 saturated heterocycles. The molecule has 1 aromatic heterocycles. The zero-order chi connectivity index (χ0) is 19.1. The van der Waals surface area contributed by atoms with Crippen molar-refractivity contribution in [3.63, 3.8) is 0 Å². The van der Waals surface area contributed by atoms with Gasteiger partial charge < -0.3 is 15.5 Å². The number of aryl methyl sites for hydroxylation is 1. The lowest BCUT2D eigenvalue weighted by atomic mass is 9.93. The number of nitrogens with two attached hydrogens (primary N) is 1. The van der Waals surface area contributed by atoms with Gasteiger partial charge in [-0.15, -0.1) is 0 Å². The Labute approximate surface area is 145 Å². The van der Waals surface area contributed by atoms with Crippen LogP contribution < -0.4 is 11.1 Å². The number of nitrogens with zero attached hydrogens (tertiary/aromatic N) is 2. The van der Waals surface area contributed by atoms with Crippen molar-refractivity contribution in [2.24, 2.45) is 10.7 Å². The molecule has 2 heterocycles. The fourth-order valence-electron chi connectivity index (χ4n) is 2.57. The van der Waals surface area contributed by atoms with Gasteiger partial charge in [-0.1, -0.05) is 0 Å². The van der Waals surface area contributed by atoms with Crippen LogP contribution in [-0.4, -0.2) is 28.8 Å². The second-order valence-corrected chi connectivity index (χ2v) is 5.83. The van der Waals surface area contributed by atoms with Gasteiger partial charge >= 0.3 is 0 Å². The van der Waals surface area contributed by atoms with Crippen LogP contribution >= 0.6 is 0 Å². The lowest BCUT2D eigenvalue weighted by molar-refractivity contribution is -0.0511. The van der Waals surface area contributed by atoms with E-state index in [-0.39, 0.29) is 17.3 Å². The van der Waals surface area contributed by atoms with Gasteiger partial charge in [0.05, 0.1) is 6.42 Å². The highest BCUT2D eigenvalue weighted by atomic mass is 19.3.